The highest BCUT2D eigenvalue weighted by Crippen LogP contribution is 2.25. The van der Waals surface area contributed by atoms with Gasteiger partial charge in [-0.25, -0.2) is 4.79 Å². The lowest BCUT2D eigenvalue weighted by atomic mass is 10.0. The maximum atomic E-state index is 12.6. The first-order valence-corrected chi connectivity index (χ1v) is 10.2. The molecule has 2 aromatic rings. The summed E-state index contributed by atoms with van der Waals surface area (Å²) >= 11 is 5.70. The number of carbonyl (C=O) groups excluding carboxylic acids is 1. The second kappa shape index (κ2) is 8.74. The average Bonchev–Trinajstić information content (AvgIpc) is 3.13. The van der Waals surface area contributed by atoms with Crippen LogP contribution in [0, 0.1) is 0 Å². The molecule has 0 aromatic heterocycles. The van der Waals surface area contributed by atoms with E-state index in [1.54, 1.807) is 4.90 Å². The van der Waals surface area contributed by atoms with E-state index in [2.05, 4.69) is 23.5 Å². The number of hydrogen-bond acceptors (Lipinski definition) is 3. The molecule has 3 rings (SSSR count). The molecule has 0 saturated carbocycles. The number of nitrogens with zero attached hydrogens (tertiary/aromatic N) is 1. The van der Waals surface area contributed by atoms with Crippen molar-refractivity contribution in [3.05, 3.63) is 65.7 Å². The highest BCUT2D eigenvalue weighted by molar-refractivity contribution is 7.80. The van der Waals surface area contributed by atoms with Crippen LogP contribution in [-0.4, -0.2) is 34.2 Å². The number of rotatable bonds is 4. The van der Waals surface area contributed by atoms with Gasteiger partial charge in [0.2, 0.25) is 0 Å². The van der Waals surface area contributed by atoms with E-state index in [-0.39, 0.29) is 12.1 Å². The molecule has 1 atom stereocenters. The third-order valence-corrected chi connectivity index (χ3v) is 5.07. The summed E-state index contributed by atoms with van der Waals surface area (Å²) in [4.78, 5) is 15.0. The number of anilines is 1. The molecule has 1 amide bonds. The van der Waals surface area contributed by atoms with Crippen LogP contribution in [0.3, 0.4) is 0 Å². The molecule has 1 fully saturated rings. The molecule has 1 heterocycles. The normalized spacial score (nSPS) is 16.7. The molecule has 4 nitrogen and oxygen atoms in total. The molecule has 1 aliphatic rings. The van der Waals surface area contributed by atoms with Crippen LogP contribution in [0.15, 0.2) is 54.6 Å². The minimum atomic E-state index is -0.512. The summed E-state index contributed by atoms with van der Waals surface area (Å²) in [6.07, 6.45) is 2.31. The molecular weight excluding hydrogens is 368 g/mol. The van der Waals surface area contributed by atoms with Crippen LogP contribution in [-0.2, 0) is 11.2 Å². The highest BCUT2D eigenvalue weighted by Gasteiger charge is 2.34. The minimum Gasteiger partial charge on any atom is -0.444 e. The second-order valence-corrected chi connectivity index (χ2v) is 8.58. The van der Waals surface area contributed by atoms with E-state index in [9.17, 15) is 4.79 Å². The lowest BCUT2D eigenvalue weighted by Crippen LogP contribution is -2.44. The van der Waals surface area contributed by atoms with E-state index in [4.69, 9.17) is 17.0 Å². The lowest BCUT2D eigenvalue weighted by molar-refractivity contribution is 0.0267. The Balaban J connectivity index is 1.71. The molecule has 0 aliphatic carbocycles. The van der Waals surface area contributed by atoms with E-state index in [1.165, 1.54) is 11.1 Å². The van der Waals surface area contributed by atoms with Crippen molar-refractivity contribution in [1.82, 2.24) is 4.90 Å². The third-order valence-electron chi connectivity index (χ3n) is 4.70. The first-order chi connectivity index (χ1) is 13.3. The molecule has 28 heavy (non-hydrogen) atoms. The van der Waals surface area contributed by atoms with Crippen LogP contribution in [0.4, 0.5) is 10.5 Å². The fourth-order valence-electron chi connectivity index (χ4n) is 3.41. The SMILES string of the molecule is CC(C)(C)OC(=O)N1CCC[C@H]1C(=S)Nc1ccccc1Cc1ccccc1. The quantitative estimate of drug-likeness (QED) is 0.701. The lowest BCUT2D eigenvalue weighted by Gasteiger charge is -2.29. The summed E-state index contributed by atoms with van der Waals surface area (Å²) < 4.78 is 5.55. The Hall–Kier alpha value is -2.40. The van der Waals surface area contributed by atoms with Crippen molar-refractivity contribution in [1.29, 1.82) is 0 Å². The zero-order valence-electron chi connectivity index (χ0n) is 16.8. The van der Waals surface area contributed by atoms with Crippen LogP contribution < -0.4 is 5.32 Å². The summed E-state index contributed by atoms with van der Waals surface area (Å²) in [7, 11) is 0. The van der Waals surface area contributed by atoms with Crippen LogP contribution >= 0.6 is 12.2 Å². The number of amides is 1. The predicted octanol–water partition coefficient (Wildman–Crippen LogP) is 5.42. The number of likely N-dealkylation sites (tertiary alicyclic amines) is 1. The van der Waals surface area contributed by atoms with Gasteiger partial charge in [0, 0.05) is 12.2 Å². The van der Waals surface area contributed by atoms with Crippen molar-refractivity contribution in [3.8, 4) is 0 Å². The fourth-order valence-corrected chi connectivity index (χ4v) is 3.76. The molecule has 0 spiro atoms. The molecule has 2 aromatic carbocycles. The molecule has 1 saturated heterocycles. The van der Waals surface area contributed by atoms with Gasteiger partial charge in [-0.05, 0) is 57.2 Å². The van der Waals surface area contributed by atoms with Crippen molar-refractivity contribution in [2.24, 2.45) is 0 Å². The summed E-state index contributed by atoms with van der Waals surface area (Å²) in [5.74, 6) is 0. The van der Waals surface area contributed by atoms with E-state index < -0.39 is 5.60 Å². The van der Waals surface area contributed by atoms with Crippen LogP contribution in [0.5, 0.6) is 0 Å². The van der Waals surface area contributed by atoms with Crippen molar-refractivity contribution in [3.63, 3.8) is 0 Å². The Kier molecular flexibility index (Phi) is 6.35. The van der Waals surface area contributed by atoms with Crippen LogP contribution in [0.25, 0.3) is 0 Å². The molecule has 1 aliphatic heterocycles. The Bertz CT molecular complexity index is 830. The predicted molar refractivity (Wildman–Crippen MR) is 118 cm³/mol. The Morgan fingerprint density at radius 2 is 1.82 bits per heavy atom. The van der Waals surface area contributed by atoms with E-state index in [0.29, 0.717) is 11.5 Å². The summed E-state index contributed by atoms with van der Waals surface area (Å²) in [5, 5.41) is 3.40. The van der Waals surface area contributed by atoms with Crippen molar-refractivity contribution in [2.45, 2.75) is 51.7 Å². The summed E-state index contributed by atoms with van der Waals surface area (Å²) in [6.45, 7) is 6.32. The minimum absolute atomic E-state index is 0.130. The molecule has 148 valence electrons. The van der Waals surface area contributed by atoms with E-state index in [0.717, 1.165) is 24.9 Å². The first-order valence-electron chi connectivity index (χ1n) is 9.76. The number of para-hydroxylation sites is 1. The number of hydrogen-bond donors (Lipinski definition) is 1. The van der Waals surface area contributed by atoms with Crippen molar-refractivity contribution in [2.75, 3.05) is 11.9 Å². The number of benzene rings is 2. The molecule has 0 bridgehead atoms. The van der Waals surface area contributed by atoms with Crippen LogP contribution in [0.2, 0.25) is 0 Å². The molecule has 5 heteroatoms. The van der Waals surface area contributed by atoms with Gasteiger partial charge in [0.05, 0.1) is 6.04 Å². The number of nitrogens with one attached hydrogen (secondary N) is 1. The molecule has 1 N–H and O–H groups in total. The number of ether oxygens (including phenoxy) is 1. The van der Waals surface area contributed by atoms with E-state index >= 15 is 0 Å². The smallest absolute Gasteiger partial charge is 0.410 e. The Morgan fingerprint density at radius 3 is 2.54 bits per heavy atom. The van der Waals surface area contributed by atoms with Gasteiger partial charge in [-0.15, -0.1) is 0 Å². The van der Waals surface area contributed by atoms with Gasteiger partial charge in [0.1, 0.15) is 10.6 Å². The standard InChI is InChI=1S/C23H28N2O2S/c1-23(2,3)27-22(26)25-15-9-14-20(25)21(28)24-19-13-8-7-12-18(19)16-17-10-5-4-6-11-17/h4-8,10-13,20H,9,14-16H2,1-3H3,(H,24,28)/t20-/m0/s1. The summed E-state index contributed by atoms with van der Waals surface area (Å²) in [6, 6.07) is 18.4. The molecule has 0 unspecified atom stereocenters. The van der Waals surface area contributed by atoms with Gasteiger partial charge in [-0.1, -0.05) is 60.7 Å². The van der Waals surface area contributed by atoms with Gasteiger partial charge in [-0.2, -0.15) is 0 Å². The van der Waals surface area contributed by atoms with Gasteiger partial charge in [0.15, 0.2) is 0 Å². The first kappa shape index (κ1) is 20.3. The maximum absolute atomic E-state index is 12.6. The third kappa shape index (κ3) is 5.32. The van der Waals surface area contributed by atoms with Crippen molar-refractivity contribution >= 4 is 29.0 Å². The van der Waals surface area contributed by atoms with E-state index in [1.807, 2.05) is 57.2 Å². The number of carbonyl (C=O) groups is 1. The highest BCUT2D eigenvalue weighted by atomic mass is 32.1. The van der Waals surface area contributed by atoms with Gasteiger partial charge in [-0.3, -0.25) is 4.90 Å². The van der Waals surface area contributed by atoms with Gasteiger partial charge >= 0.3 is 6.09 Å². The monoisotopic (exact) mass is 396 g/mol. The molecular formula is C23H28N2O2S. The van der Waals surface area contributed by atoms with Gasteiger partial charge in [0.25, 0.3) is 0 Å². The number of thiocarbonyl (C=S) groups is 1. The fraction of sp³-hybridized carbons (Fsp3) is 0.391. The van der Waals surface area contributed by atoms with Crippen LogP contribution in [0.1, 0.15) is 44.7 Å². The second-order valence-electron chi connectivity index (χ2n) is 8.14. The Morgan fingerprint density at radius 1 is 1.14 bits per heavy atom. The van der Waals surface area contributed by atoms with Crippen molar-refractivity contribution < 1.29 is 9.53 Å². The zero-order chi connectivity index (χ0) is 20.1. The summed E-state index contributed by atoms with van der Waals surface area (Å²) in [5.41, 5.74) is 2.91. The zero-order valence-corrected chi connectivity index (χ0v) is 17.6. The Labute approximate surface area is 172 Å². The average molecular weight is 397 g/mol. The maximum Gasteiger partial charge on any atom is 0.410 e. The topological polar surface area (TPSA) is 41.6 Å². The molecule has 0 radical (unpaired) electrons. The largest absolute Gasteiger partial charge is 0.444 e. The van der Waals surface area contributed by atoms with Gasteiger partial charge < -0.3 is 10.1 Å².